The van der Waals surface area contributed by atoms with Crippen molar-refractivity contribution < 1.29 is 18.7 Å². The summed E-state index contributed by atoms with van der Waals surface area (Å²) in [5, 5.41) is 0. The SMILES string of the molecule is COC(=O)c1ccc(CN(C(=O)N2CCN(C)CC2)c2cccc(-c3ccncc3)c2)c(F)c1. The number of benzene rings is 2. The molecule has 0 bridgehead atoms. The molecule has 0 atom stereocenters. The summed E-state index contributed by atoms with van der Waals surface area (Å²) < 4.78 is 19.6. The predicted octanol–water partition coefficient (Wildman–Crippen LogP) is 4.05. The van der Waals surface area contributed by atoms with E-state index in [2.05, 4.69) is 14.6 Å². The fourth-order valence-electron chi connectivity index (χ4n) is 3.93. The van der Waals surface area contributed by atoms with Crippen molar-refractivity contribution in [2.75, 3.05) is 45.2 Å². The molecule has 0 unspecified atom stereocenters. The van der Waals surface area contributed by atoms with Crippen LogP contribution in [0.15, 0.2) is 67.0 Å². The Morgan fingerprint density at radius 3 is 2.41 bits per heavy atom. The number of esters is 1. The third-order valence-electron chi connectivity index (χ3n) is 5.98. The number of urea groups is 1. The highest BCUT2D eigenvalue weighted by atomic mass is 19.1. The van der Waals surface area contributed by atoms with E-state index in [-0.39, 0.29) is 18.1 Å². The number of nitrogens with zero attached hydrogens (tertiary/aromatic N) is 4. The van der Waals surface area contributed by atoms with Crippen LogP contribution in [0.3, 0.4) is 0 Å². The Labute approximate surface area is 198 Å². The summed E-state index contributed by atoms with van der Waals surface area (Å²) in [5.41, 5.74) is 2.99. The summed E-state index contributed by atoms with van der Waals surface area (Å²) >= 11 is 0. The highest BCUT2D eigenvalue weighted by Crippen LogP contribution is 2.27. The number of hydrogen-bond donors (Lipinski definition) is 0. The van der Waals surface area contributed by atoms with Gasteiger partial charge in [-0.2, -0.15) is 0 Å². The molecule has 176 valence electrons. The third kappa shape index (κ3) is 5.23. The van der Waals surface area contributed by atoms with Crippen molar-refractivity contribution in [1.29, 1.82) is 0 Å². The molecule has 1 aromatic heterocycles. The van der Waals surface area contributed by atoms with Crippen molar-refractivity contribution >= 4 is 17.7 Å². The van der Waals surface area contributed by atoms with Gasteiger partial charge in [-0.15, -0.1) is 0 Å². The number of amides is 2. The number of piperazine rings is 1. The van der Waals surface area contributed by atoms with Crippen LogP contribution in [0.4, 0.5) is 14.9 Å². The molecule has 1 aliphatic heterocycles. The van der Waals surface area contributed by atoms with Gasteiger partial charge in [0.25, 0.3) is 0 Å². The second-order valence-electron chi connectivity index (χ2n) is 8.24. The number of methoxy groups -OCH3 is 1. The van der Waals surface area contributed by atoms with Gasteiger partial charge in [0.1, 0.15) is 5.82 Å². The fraction of sp³-hybridized carbons (Fsp3) is 0.269. The standard InChI is InChI=1S/C26H27FN4O3/c1-29-12-14-30(15-13-29)26(33)31(18-22-7-6-21(17-24(22)27)25(32)34-2)23-5-3-4-20(16-23)19-8-10-28-11-9-19/h3-11,16-17H,12-15,18H2,1-2H3. The van der Waals surface area contributed by atoms with E-state index in [1.54, 1.807) is 22.2 Å². The zero-order valence-corrected chi connectivity index (χ0v) is 19.3. The molecule has 0 radical (unpaired) electrons. The Bertz CT molecular complexity index is 1160. The maximum atomic E-state index is 15.0. The molecule has 8 heteroatoms. The van der Waals surface area contributed by atoms with Crippen LogP contribution in [0, 0.1) is 5.82 Å². The molecule has 3 aromatic rings. The Balaban J connectivity index is 1.68. The van der Waals surface area contributed by atoms with Crippen LogP contribution in [0.2, 0.25) is 0 Å². The van der Waals surface area contributed by atoms with Gasteiger partial charge in [-0.05, 0) is 54.6 Å². The number of rotatable bonds is 5. The van der Waals surface area contributed by atoms with E-state index in [1.807, 2.05) is 43.4 Å². The molecule has 4 rings (SSSR count). The molecule has 1 saturated heterocycles. The number of anilines is 1. The second-order valence-corrected chi connectivity index (χ2v) is 8.24. The third-order valence-corrected chi connectivity index (χ3v) is 5.98. The lowest BCUT2D eigenvalue weighted by molar-refractivity contribution is 0.0600. The minimum Gasteiger partial charge on any atom is -0.465 e. The van der Waals surface area contributed by atoms with Gasteiger partial charge >= 0.3 is 12.0 Å². The quantitative estimate of drug-likeness (QED) is 0.536. The van der Waals surface area contributed by atoms with E-state index in [1.165, 1.54) is 19.2 Å². The number of hydrogen-bond acceptors (Lipinski definition) is 5. The number of aromatic nitrogens is 1. The van der Waals surface area contributed by atoms with Crippen molar-refractivity contribution in [2.24, 2.45) is 0 Å². The van der Waals surface area contributed by atoms with Crippen LogP contribution in [0.25, 0.3) is 11.1 Å². The van der Waals surface area contributed by atoms with Gasteiger partial charge in [-0.25, -0.2) is 14.0 Å². The number of pyridine rings is 1. The summed E-state index contributed by atoms with van der Waals surface area (Å²) in [5.74, 6) is -1.18. The first-order valence-electron chi connectivity index (χ1n) is 11.1. The molecule has 0 saturated carbocycles. The molecule has 7 nitrogen and oxygen atoms in total. The van der Waals surface area contributed by atoms with Gasteiger partial charge in [0.2, 0.25) is 0 Å². The normalized spacial score (nSPS) is 14.0. The number of likely N-dealkylation sites (N-methyl/N-ethyl adjacent to an activating group) is 1. The topological polar surface area (TPSA) is 66.0 Å². The minimum atomic E-state index is -0.610. The fourth-order valence-corrected chi connectivity index (χ4v) is 3.93. The number of carbonyl (C=O) groups excluding carboxylic acids is 2. The Morgan fingerprint density at radius 2 is 1.74 bits per heavy atom. The number of ether oxygens (including phenoxy) is 1. The molecule has 2 aromatic carbocycles. The highest BCUT2D eigenvalue weighted by molar-refractivity contribution is 5.93. The van der Waals surface area contributed by atoms with E-state index in [4.69, 9.17) is 0 Å². The number of carbonyl (C=O) groups is 2. The van der Waals surface area contributed by atoms with Crippen LogP contribution in [-0.4, -0.2) is 67.1 Å². The van der Waals surface area contributed by atoms with Gasteiger partial charge in [-0.1, -0.05) is 18.2 Å². The van der Waals surface area contributed by atoms with E-state index in [9.17, 15) is 14.0 Å². The Kier molecular flexibility index (Phi) is 7.18. The first-order valence-corrected chi connectivity index (χ1v) is 11.1. The van der Waals surface area contributed by atoms with Crippen LogP contribution < -0.4 is 4.90 Å². The first-order chi connectivity index (χ1) is 16.5. The molecule has 2 heterocycles. The minimum absolute atomic E-state index is 0.0260. The molecule has 1 fully saturated rings. The van der Waals surface area contributed by atoms with Crippen molar-refractivity contribution in [3.8, 4) is 11.1 Å². The highest BCUT2D eigenvalue weighted by Gasteiger charge is 2.26. The van der Waals surface area contributed by atoms with Crippen molar-refractivity contribution in [1.82, 2.24) is 14.8 Å². The van der Waals surface area contributed by atoms with Gasteiger partial charge in [-0.3, -0.25) is 9.88 Å². The maximum absolute atomic E-state index is 15.0. The van der Waals surface area contributed by atoms with E-state index in [0.29, 0.717) is 24.3 Å². The van der Waals surface area contributed by atoms with Crippen LogP contribution in [0.5, 0.6) is 0 Å². The van der Waals surface area contributed by atoms with Crippen molar-refractivity contribution in [2.45, 2.75) is 6.54 Å². The molecule has 0 spiro atoms. The summed E-state index contributed by atoms with van der Waals surface area (Å²) in [6.07, 6.45) is 3.43. The lowest BCUT2D eigenvalue weighted by Crippen LogP contribution is -2.52. The smallest absolute Gasteiger partial charge is 0.337 e. The number of halogens is 1. The van der Waals surface area contributed by atoms with Crippen molar-refractivity contribution in [3.05, 3.63) is 83.9 Å². The van der Waals surface area contributed by atoms with Crippen LogP contribution >= 0.6 is 0 Å². The average molecular weight is 463 g/mol. The lowest BCUT2D eigenvalue weighted by atomic mass is 10.1. The summed E-state index contributed by atoms with van der Waals surface area (Å²) in [6.45, 7) is 2.77. The largest absolute Gasteiger partial charge is 0.465 e. The molecular weight excluding hydrogens is 435 g/mol. The van der Waals surface area contributed by atoms with Gasteiger partial charge in [0, 0.05) is 49.8 Å². The molecule has 0 N–H and O–H groups in total. The molecule has 34 heavy (non-hydrogen) atoms. The molecule has 1 aliphatic rings. The zero-order chi connectivity index (χ0) is 24.1. The van der Waals surface area contributed by atoms with Crippen LogP contribution in [-0.2, 0) is 11.3 Å². The average Bonchev–Trinajstić information content (AvgIpc) is 2.88. The monoisotopic (exact) mass is 462 g/mol. The van der Waals surface area contributed by atoms with Gasteiger partial charge in [0.05, 0.1) is 19.2 Å². The summed E-state index contributed by atoms with van der Waals surface area (Å²) in [4.78, 5) is 35.0. The Hall–Kier alpha value is -3.78. The van der Waals surface area contributed by atoms with E-state index in [0.717, 1.165) is 30.3 Å². The lowest BCUT2D eigenvalue weighted by Gasteiger charge is -2.36. The van der Waals surface area contributed by atoms with Crippen LogP contribution in [0.1, 0.15) is 15.9 Å². The summed E-state index contributed by atoms with van der Waals surface area (Å²) in [7, 11) is 3.27. The second kappa shape index (κ2) is 10.4. The van der Waals surface area contributed by atoms with Gasteiger partial charge < -0.3 is 14.5 Å². The summed E-state index contributed by atoms with van der Waals surface area (Å²) in [6, 6.07) is 15.4. The molecular formula is C26H27FN4O3. The predicted molar refractivity (Wildman–Crippen MR) is 128 cm³/mol. The molecule has 2 amide bonds. The van der Waals surface area contributed by atoms with Gasteiger partial charge in [0.15, 0.2) is 0 Å². The van der Waals surface area contributed by atoms with E-state index >= 15 is 0 Å². The zero-order valence-electron chi connectivity index (χ0n) is 19.3. The maximum Gasteiger partial charge on any atom is 0.337 e. The molecule has 0 aliphatic carbocycles. The Morgan fingerprint density at radius 1 is 1.00 bits per heavy atom. The van der Waals surface area contributed by atoms with Crippen molar-refractivity contribution in [3.63, 3.8) is 0 Å². The van der Waals surface area contributed by atoms with E-state index < -0.39 is 11.8 Å². The first kappa shape index (κ1) is 23.4.